The number of anilines is 1. The summed E-state index contributed by atoms with van der Waals surface area (Å²) in [7, 11) is 0. The maximum Gasteiger partial charge on any atom is 0.334 e. The topological polar surface area (TPSA) is 86.8 Å². The molecule has 144 valence electrons. The average Bonchev–Trinajstić information content (AvgIpc) is 2.82. The molecule has 0 bridgehead atoms. The van der Waals surface area contributed by atoms with Gasteiger partial charge in [-0.3, -0.25) is 19.3 Å². The Balaban J connectivity index is 1.71. The van der Waals surface area contributed by atoms with E-state index in [1.165, 1.54) is 0 Å². The number of nitrogens with zero attached hydrogens (tertiary/aromatic N) is 2. The van der Waals surface area contributed by atoms with Gasteiger partial charge < -0.3 is 5.32 Å². The Morgan fingerprint density at radius 1 is 1.19 bits per heavy atom. The van der Waals surface area contributed by atoms with Gasteiger partial charge in [-0.05, 0) is 49.4 Å². The van der Waals surface area contributed by atoms with E-state index in [-0.39, 0.29) is 12.0 Å². The molecule has 2 atom stereocenters. The molecular weight excluding hydrogens is 370 g/mol. The first-order chi connectivity index (χ1) is 12.8. The predicted octanol–water partition coefficient (Wildman–Crippen LogP) is 2.96. The van der Waals surface area contributed by atoms with Gasteiger partial charge in [0, 0.05) is 16.8 Å². The minimum Gasteiger partial charge on any atom is -0.324 e. The molecule has 1 aromatic rings. The Bertz CT molecular complexity index is 810. The standard InChI is InChI=1S/C19H22ClN3O4/c1-11-5-3-4-6-15(11)23-18(26)17(25)22(19(23)27)10-16(24)21-14-8-7-13(20)9-12(14)2/h7-9,11,15H,3-6,10H2,1-2H3,(H,21,24)/t11-,15+/m0/s1. The highest BCUT2D eigenvalue weighted by Crippen LogP contribution is 2.31. The number of amides is 5. The quantitative estimate of drug-likeness (QED) is 0.631. The molecule has 7 nitrogen and oxygen atoms in total. The summed E-state index contributed by atoms with van der Waals surface area (Å²) in [5.41, 5.74) is 1.29. The van der Waals surface area contributed by atoms with Crippen LogP contribution in [0.25, 0.3) is 0 Å². The molecule has 2 aliphatic rings. The van der Waals surface area contributed by atoms with Gasteiger partial charge in [-0.2, -0.15) is 0 Å². The Hall–Kier alpha value is -2.41. The van der Waals surface area contributed by atoms with Crippen molar-refractivity contribution in [3.63, 3.8) is 0 Å². The monoisotopic (exact) mass is 391 g/mol. The van der Waals surface area contributed by atoms with Crippen molar-refractivity contribution in [2.24, 2.45) is 5.92 Å². The molecule has 0 radical (unpaired) electrons. The third kappa shape index (κ3) is 3.83. The van der Waals surface area contributed by atoms with Gasteiger partial charge in [0.2, 0.25) is 5.91 Å². The van der Waals surface area contributed by atoms with Gasteiger partial charge in [-0.15, -0.1) is 0 Å². The zero-order valence-electron chi connectivity index (χ0n) is 15.3. The van der Waals surface area contributed by atoms with Crippen molar-refractivity contribution in [2.75, 3.05) is 11.9 Å². The number of carbonyl (C=O) groups is 4. The van der Waals surface area contributed by atoms with Crippen LogP contribution in [0.15, 0.2) is 18.2 Å². The first kappa shape index (κ1) is 19.4. The van der Waals surface area contributed by atoms with Crippen LogP contribution < -0.4 is 5.32 Å². The lowest BCUT2D eigenvalue weighted by Crippen LogP contribution is -2.46. The van der Waals surface area contributed by atoms with Gasteiger partial charge in [0.1, 0.15) is 6.54 Å². The molecule has 0 aromatic heterocycles. The summed E-state index contributed by atoms with van der Waals surface area (Å²) in [6, 6.07) is 3.98. The molecule has 5 amide bonds. The van der Waals surface area contributed by atoms with Crippen molar-refractivity contribution in [1.82, 2.24) is 9.80 Å². The van der Waals surface area contributed by atoms with E-state index >= 15 is 0 Å². The number of imide groups is 2. The molecule has 1 aliphatic heterocycles. The molecule has 1 saturated heterocycles. The summed E-state index contributed by atoms with van der Waals surface area (Å²) in [6.07, 6.45) is 3.56. The minimum absolute atomic E-state index is 0.143. The average molecular weight is 392 g/mol. The van der Waals surface area contributed by atoms with Gasteiger partial charge in [0.05, 0.1) is 0 Å². The van der Waals surface area contributed by atoms with Crippen LogP contribution in [-0.4, -0.2) is 46.1 Å². The number of hydrogen-bond donors (Lipinski definition) is 1. The van der Waals surface area contributed by atoms with E-state index in [9.17, 15) is 19.2 Å². The maximum atomic E-state index is 12.7. The predicted molar refractivity (Wildman–Crippen MR) is 100 cm³/mol. The van der Waals surface area contributed by atoms with Crippen molar-refractivity contribution in [3.8, 4) is 0 Å². The second kappa shape index (κ2) is 7.68. The smallest absolute Gasteiger partial charge is 0.324 e. The number of urea groups is 1. The molecule has 0 spiro atoms. The highest BCUT2D eigenvalue weighted by Gasteiger charge is 2.49. The third-order valence-electron chi connectivity index (χ3n) is 5.25. The fourth-order valence-electron chi connectivity index (χ4n) is 3.74. The van der Waals surface area contributed by atoms with Crippen LogP contribution in [-0.2, 0) is 14.4 Å². The van der Waals surface area contributed by atoms with E-state index in [0.717, 1.165) is 34.6 Å². The molecule has 1 aliphatic carbocycles. The minimum atomic E-state index is -0.944. The van der Waals surface area contributed by atoms with Crippen LogP contribution in [0.5, 0.6) is 0 Å². The first-order valence-electron chi connectivity index (χ1n) is 9.04. The molecule has 27 heavy (non-hydrogen) atoms. The highest BCUT2D eigenvalue weighted by atomic mass is 35.5. The lowest BCUT2D eigenvalue weighted by molar-refractivity contribution is -0.145. The Labute approximate surface area is 162 Å². The first-order valence-corrected chi connectivity index (χ1v) is 9.42. The highest BCUT2D eigenvalue weighted by molar-refractivity contribution is 6.45. The summed E-state index contributed by atoms with van der Waals surface area (Å²) in [6.45, 7) is 3.26. The summed E-state index contributed by atoms with van der Waals surface area (Å²) >= 11 is 5.89. The van der Waals surface area contributed by atoms with Gasteiger partial charge in [0.15, 0.2) is 0 Å². The number of benzene rings is 1. The summed E-state index contributed by atoms with van der Waals surface area (Å²) in [5.74, 6) is -2.19. The van der Waals surface area contributed by atoms with Gasteiger partial charge in [-0.25, -0.2) is 9.69 Å². The Morgan fingerprint density at radius 3 is 2.56 bits per heavy atom. The van der Waals surface area contributed by atoms with Crippen LogP contribution in [0.3, 0.4) is 0 Å². The largest absolute Gasteiger partial charge is 0.334 e. The lowest BCUT2D eigenvalue weighted by atomic mass is 9.85. The molecule has 3 rings (SSSR count). The van der Waals surface area contributed by atoms with Gasteiger partial charge in [0.25, 0.3) is 0 Å². The molecule has 2 fully saturated rings. The van der Waals surface area contributed by atoms with Gasteiger partial charge >= 0.3 is 17.8 Å². The number of nitrogens with one attached hydrogen (secondary N) is 1. The third-order valence-corrected chi connectivity index (χ3v) is 5.48. The van der Waals surface area contributed by atoms with E-state index in [2.05, 4.69) is 5.32 Å². The van der Waals surface area contributed by atoms with Crippen molar-refractivity contribution in [1.29, 1.82) is 0 Å². The fourth-order valence-corrected chi connectivity index (χ4v) is 3.96. The number of carbonyl (C=O) groups excluding carboxylic acids is 4. The van der Waals surface area contributed by atoms with E-state index < -0.39 is 30.3 Å². The number of halogens is 1. The number of hydrogen-bond acceptors (Lipinski definition) is 4. The zero-order valence-corrected chi connectivity index (χ0v) is 16.1. The van der Waals surface area contributed by atoms with E-state index in [1.807, 2.05) is 6.92 Å². The molecule has 1 aromatic carbocycles. The number of rotatable bonds is 4. The Kier molecular flexibility index (Phi) is 5.51. The number of aryl methyl sites for hydroxylation is 1. The van der Waals surface area contributed by atoms with Crippen LogP contribution in [0.1, 0.15) is 38.2 Å². The van der Waals surface area contributed by atoms with Crippen molar-refractivity contribution >= 4 is 41.0 Å². The molecule has 1 N–H and O–H groups in total. The van der Waals surface area contributed by atoms with Crippen molar-refractivity contribution < 1.29 is 19.2 Å². The summed E-state index contributed by atoms with van der Waals surface area (Å²) < 4.78 is 0. The zero-order chi connectivity index (χ0) is 19.7. The van der Waals surface area contributed by atoms with E-state index in [0.29, 0.717) is 17.1 Å². The second-order valence-electron chi connectivity index (χ2n) is 7.19. The van der Waals surface area contributed by atoms with Crippen LogP contribution in [0, 0.1) is 12.8 Å². The second-order valence-corrected chi connectivity index (χ2v) is 7.62. The van der Waals surface area contributed by atoms with Crippen molar-refractivity contribution in [3.05, 3.63) is 28.8 Å². The van der Waals surface area contributed by atoms with Crippen LogP contribution >= 0.6 is 11.6 Å². The van der Waals surface area contributed by atoms with Crippen LogP contribution in [0.2, 0.25) is 5.02 Å². The molecule has 0 unspecified atom stereocenters. The SMILES string of the molecule is Cc1cc(Cl)ccc1NC(=O)CN1C(=O)C(=O)N([C@@H]2CCCC[C@@H]2C)C1=O. The summed E-state index contributed by atoms with van der Waals surface area (Å²) in [5, 5.41) is 3.19. The molecular formula is C19H22ClN3O4. The Morgan fingerprint density at radius 2 is 1.89 bits per heavy atom. The van der Waals surface area contributed by atoms with Crippen molar-refractivity contribution in [2.45, 2.75) is 45.6 Å². The lowest BCUT2D eigenvalue weighted by Gasteiger charge is -2.34. The maximum absolute atomic E-state index is 12.7. The summed E-state index contributed by atoms with van der Waals surface area (Å²) in [4.78, 5) is 51.5. The fraction of sp³-hybridized carbons (Fsp3) is 0.474. The molecule has 1 heterocycles. The van der Waals surface area contributed by atoms with Gasteiger partial charge in [-0.1, -0.05) is 31.4 Å². The molecule has 1 saturated carbocycles. The van der Waals surface area contributed by atoms with E-state index in [1.54, 1.807) is 25.1 Å². The normalized spacial score (nSPS) is 23.1. The van der Waals surface area contributed by atoms with E-state index in [4.69, 9.17) is 11.6 Å². The van der Waals surface area contributed by atoms with Crippen LogP contribution in [0.4, 0.5) is 10.5 Å². The molecule has 8 heteroatoms.